The molecule has 3 aromatic heterocycles. The predicted molar refractivity (Wildman–Crippen MR) is 142 cm³/mol. The van der Waals surface area contributed by atoms with Crippen molar-refractivity contribution in [3.63, 3.8) is 0 Å². The second kappa shape index (κ2) is 11.5. The van der Waals surface area contributed by atoms with Crippen LogP contribution in [-0.4, -0.2) is 28.7 Å². The molecule has 3 rings (SSSR count). The summed E-state index contributed by atoms with van der Waals surface area (Å²) in [6, 6.07) is 0. The number of halogens is 6. The molecular formula is C22H22Cl6N6. The van der Waals surface area contributed by atoms with Crippen molar-refractivity contribution in [3.05, 3.63) is 84.3 Å². The molecule has 0 spiro atoms. The molecule has 0 amide bonds. The molecule has 0 radical (unpaired) electrons. The Morgan fingerprint density at radius 3 is 1.50 bits per heavy atom. The van der Waals surface area contributed by atoms with Crippen LogP contribution in [0.3, 0.4) is 0 Å². The van der Waals surface area contributed by atoms with Gasteiger partial charge in [-0.1, -0.05) is 87.3 Å². The molecule has 0 saturated carbocycles. The molecule has 0 fully saturated rings. The molecule has 0 aliphatic carbocycles. The van der Waals surface area contributed by atoms with E-state index in [0.29, 0.717) is 41.5 Å². The van der Waals surface area contributed by atoms with Crippen LogP contribution in [0.2, 0.25) is 30.9 Å². The molecule has 0 aromatic carbocycles. The van der Waals surface area contributed by atoms with Crippen LogP contribution in [0.1, 0.15) is 27.2 Å². The molecule has 3 aromatic rings. The minimum Gasteiger partial charge on any atom is -0.320 e. The van der Waals surface area contributed by atoms with Crippen LogP contribution in [0, 0.1) is 0 Å². The minimum absolute atomic E-state index is 0.250. The fourth-order valence-corrected chi connectivity index (χ4v) is 4.45. The van der Waals surface area contributed by atoms with Crippen LogP contribution in [-0.2, 0) is 19.6 Å². The first-order chi connectivity index (χ1) is 16.0. The van der Waals surface area contributed by atoms with E-state index in [2.05, 4.69) is 28.5 Å². The summed E-state index contributed by atoms with van der Waals surface area (Å²) in [5.41, 5.74) is 5.09. The molecule has 6 nitrogen and oxygen atoms in total. The molecule has 12 heteroatoms. The summed E-state index contributed by atoms with van der Waals surface area (Å²) in [5, 5.41) is 1.92. The number of rotatable bonds is 9. The Hall–Kier alpha value is -1.41. The molecule has 0 saturated heterocycles. The minimum atomic E-state index is 0.250. The van der Waals surface area contributed by atoms with Crippen molar-refractivity contribution in [1.82, 2.24) is 28.7 Å². The third-order valence-electron chi connectivity index (χ3n) is 5.52. The van der Waals surface area contributed by atoms with E-state index in [9.17, 15) is 0 Å². The van der Waals surface area contributed by atoms with E-state index in [0.717, 1.165) is 27.9 Å². The van der Waals surface area contributed by atoms with Gasteiger partial charge in [-0.2, -0.15) is 0 Å². The maximum absolute atomic E-state index is 6.38. The Balaban J connectivity index is 2.04. The summed E-state index contributed by atoms with van der Waals surface area (Å²) in [6.07, 6.45) is 5.54. The fourth-order valence-electron chi connectivity index (χ4n) is 3.51. The highest BCUT2D eigenvalue weighted by Crippen LogP contribution is 2.31. The summed E-state index contributed by atoms with van der Waals surface area (Å²) < 4.78 is 5.38. The van der Waals surface area contributed by atoms with Crippen LogP contribution in [0.15, 0.2) is 53.4 Å². The summed E-state index contributed by atoms with van der Waals surface area (Å²) in [5.74, 6) is 0. The number of aryl methyl sites for hydroxylation is 1. The van der Waals surface area contributed by atoms with Gasteiger partial charge in [0.15, 0.2) is 15.5 Å². The van der Waals surface area contributed by atoms with Crippen molar-refractivity contribution in [1.29, 1.82) is 0 Å². The molecule has 0 aliphatic heterocycles. The standard InChI is InChI=1S/C22H22Cl6N6/c1-12(2)15(7-33-10-30-18(24)21(33)27)14(4)16(8-34-11-31-19(25)22(34)28)13(3)5-6-32-9-29-17(23)20(32)26/h9-11H,1,5-8H2,2-4H3/b15-14-,16-13-. The van der Waals surface area contributed by atoms with E-state index in [-0.39, 0.29) is 15.5 Å². The summed E-state index contributed by atoms with van der Waals surface area (Å²) in [4.78, 5) is 12.2. The van der Waals surface area contributed by atoms with Crippen LogP contribution < -0.4 is 0 Å². The van der Waals surface area contributed by atoms with Crippen molar-refractivity contribution in [3.8, 4) is 0 Å². The van der Waals surface area contributed by atoms with Gasteiger partial charge in [-0.3, -0.25) is 0 Å². The van der Waals surface area contributed by atoms with Gasteiger partial charge >= 0.3 is 0 Å². The van der Waals surface area contributed by atoms with E-state index in [1.165, 1.54) is 0 Å². The second-order valence-corrected chi connectivity index (χ2v) is 9.97. The van der Waals surface area contributed by atoms with Gasteiger partial charge in [0.05, 0.1) is 32.1 Å². The first-order valence-corrected chi connectivity index (χ1v) is 12.4. The zero-order chi connectivity index (χ0) is 25.2. The normalized spacial score (nSPS) is 13.2. The van der Waals surface area contributed by atoms with E-state index < -0.39 is 0 Å². The third-order valence-corrected chi connectivity index (χ3v) is 7.83. The molecule has 0 N–H and O–H groups in total. The Kier molecular flexibility index (Phi) is 9.23. The highest BCUT2D eigenvalue weighted by molar-refractivity contribution is 6.41. The van der Waals surface area contributed by atoms with Crippen LogP contribution in [0.4, 0.5) is 0 Å². The number of imidazole rings is 3. The molecule has 0 unspecified atom stereocenters. The summed E-state index contributed by atoms with van der Waals surface area (Å²) >= 11 is 37.1. The zero-order valence-corrected chi connectivity index (χ0v) is 23.3. The summed E-state index contributed by atoms with van der Waals surface area (Å²) in [7, 11) is 0. The molecular weight excluding hydrogens is 561 g/mol. The van der Waals surface area contributed by atoms with Gasteiger partial charge in [0, 0.05) is 6.54 Å². The van der Waals surface area contributed by atoms with Gasteiger partial charge < -0.3 is 13.7 Å². The Morgan fingerprint density at radius 2 is 1.12 bits per heavy atom. The molecule has 34 heavy (non-hydrogen) atoms. The highest BCUT2D eigenvalue weighted by atomic mass is 35.5. The number of aromatic nitrogens is 6. The lowest BCUT2D eigenvalue weighted by molar-refractivity contribution is 0.677. The molecule has 0 bridgehead atoms. The number of allylic oxidation sites excluding steroid dienone is 5. The van der Waals surface area contributed by atoms with Gasteiger partial charge in [0.2, 0.25) is 0 Å². The monoisotopic (exact) mass is 580 g/mol. The Morgan fingerprint density at radius 1 is 0.706 bits per heavy atom. The second-order valence-electron chi connectivity index (χ2n) is 7.82. The zero-order valence-electron chi connectivity index (χ0n) is 18.7. The largest absolute Gasteiger partial charge is 0.320 e. The Labute approximate surface area is 228 Å². The highest BCUT2D eigenvalue weighted by Gasteiger charge is 2.17. The van der Waals surface area contributed by atoms with E-state index >= 15 is 0 Å². The van der Waals surface area contributed by atoms with Crippen LogP contribution in [0.5, 0.6) is 0 Å². The molecule has 3 heterocycles. The van der Waals surface area contributed by atoms with Crippen molar-refractivity contribution >= 4 is 69.6 Å². The van der Waals surface area contributed by atoms with Gasteiger partial charge in [-0.25, -0.2) is 15.0 Å². The molecule has 182 valence electrons. The van der Waals surface area contributed by atoms with E-state index in [1.54, 1.807) is 32.7 Å². The van der Waals surface area contributed by atoms with Crippen molar-refractivity contribution in [2.24, 2.45) is 0 Å². The smallest absolute Gasteiger partial charge is 0.166 e. The predicted octanol–water partition coefficient (Wildman–Crippen LogP) is 8.20. The molecule has 0 aliphatic rings. The van der Waals surface area contributed by atoms with E-state index in [4.69, 9.17) is 69.6 Å². The average Bonchev–Trinajstić information content (AvgIpc) is 3.41. The first-order valence-electron chi connectivity index (χ1n) is 10.1. The topological polar surface area (TPSA) is 53.5 Å². The van der Waals surface area contributed by atoms with Gasteiger partial charge in [0.25, 0.3) is 0 Å². The van der Waals surface area contributed by atoms with Gasteiger partial charge in [-0.05, 0) is 43.9 Å². The molecule has 0 atom stereocenters. The van der Waals surface area contributed by atoms with Crippen LogP contribution in [0.25, 0.3) is 0 Å². The quantitative estimate of drug-likeness (QED) is 0.239. The lowest BCUT2D eigenvalue weighted by Gasteiger charge is -2.20. The lowest BCUT2D eigenvalue weighted by atomic mass is 9.92. The van der Waals surface area contributed by atoms with Crippen LogP contribution >= 0.6 is 69.6 Å². The van der Waals surface area contributed by atoms with Gasteiger partial charge in [0.1, 0.15) is 15.5 Å². The SMILES string of the molecule is C=C(C)/C(Cn1cnc(Cl)c1Cl)=C(C)\C(Cn1cnc(Cl)c1Cl)=C(\C)CCn1cnc(Cl)c1Cl. The first kappa shape index (κ1) is 27.2. The Bertz CT molecular complexity index is 1280. The third kappa shape index (κ3) is 6.04. The van der Waals surface area contributed by atoms with Crippen molar-refractivity contribution in [2.45, 2.75) is 46.8 Å². The van der Waals surface area contributed by atoms with Gasteiger partial charge in [-0.15, -0.1) is 0 Å². The number of hydrogen-bond acceptors (Lipinski definition) is 3. The fraction of sp³-hybridized carbons (Fsp3) is 0.318. The maximum atomic E-state index is 6.38. The van der Waals surface area contributed by atoms with Crippen molar-refractivity contribution in [2.75, 3.05) is 0 Å². The van der Waals surface area contributed by atoms with E-state index in [1.807, 2.05) is 13.8 Å². The lowest BCUT2D eigenvalue weighted by Crippen LogP contribution is -2.10. The van der Waals surface area contributed by atoms with Crippen molar-refractivity contribution < 1.29 is 0 Å². The number of hydrogen-bond donors (Lipinski definition) is 0. The summed E-state index contributed by atoms with van der Waals surface area (Å²) in [6.45, 7) is 11.8. The maximum Gasteiger partial charge on any atom is 0.166 e. The average molecular weight is 583 g/mol. The number of nitrogens with zero attached hydrogens (tertiary/aromatic N) is 6.